The topological polar surface area (TPSA) is 46.5 Å². The van der Waals surface area contributed by atoms with Crippen LogP contribution >= 0.6 is 0 Å². The van der Waals surface area contributed by atoms with Gasteiger partial charge in [0.05, 0.1) is 0 Å². The number of carboxylic acids is 1. The maximum Gasteiger partial charge on any atom is 0.331 e. The van der Waals surface area contributed by atoms with Crippen LogP contribution in [0.15, 0.2) is 11.1 Å². The fraction of sp³-hybridized carbons (Fsp3) is 0.625. The predicted molar refractivity (Wildman–Crippen MR) is 42.5 cm³/mol. The van der Waals surface area contributed by atoms with Crippen LogP contribution in [0.25, 0.3) is 0 Å². The first-order chi connectivity index (χ1) is 5.09. The van der Waals surface area contributed by atoms with Gasteiger partial charge in [0, 0.05) is 19.3 Å². The second kappa shape index (κ2) is 4.91. The van der Waals surface area contributed by atoms with E-state index in [0.717, 1.165) is 5.57 Å². The summed E-state index contributed by atoms with van der Waals surface area (Å²) in [5.41, 5.74) is 1.29. The Morgan fingerprint density at radius 1 is 1.45 bits per heavy atom. The quantitative estimate of drug-likeness (QED) is 0.630. The van der Waals surface area contributed by atoms with Gasteiger partial charge in [0.15, 0.2) is 0 Å². The van der Waals surface area contributed by atoms with Crippen LogP contribution in [0.2, 0.25) is 0 Å². The Morgan fingerprint density at radius 3 is 2.36 bits per heavy atom. The van der Waals surface area contributed by atoms with Gasteiger partial charge in [0.1, 0.15) is 0 Å². The predicted octanol–water partition coefficient (Wildman–Crippen LogP) is 1.44. The second-order valence-corrected chi connectivity index (χ2v) is 2.45. The van der Waals surface area contributed by atoms with E-state index in [1.807, 2.05) is 6.92 Å². The summed E-state index contributed by atoms with van der Waals surface area (Å²) in [6, 6.07) is 0. The number of carbonyl (C=O) groups is 1. The Morgan fingerprint density at radius 2 is 2.00 bits per heavy atom. The lowest BCUT2D eigenvalue weighted by atomic mass is 10.1. The summed E-state index contributed by atoms with van der Waals surface area (Å²) in [4.78, 5) is 10.4. The first-order valence-electron chi connectivity index (χ1n) is 3.48. The lowest BCUT2D eigenvalue weighted by Crippen LogP contribution is -2.01. The highest BCUT2D eigenvalue weighted by atomic mass is 16.5. The molecule has 0 unspecified atom stereocenters. The summed E-state index contributed by atoms with van der Waals surface area (Å²) in [5.74, 6) is -0.849. The van der Waals surface area contributed by atoms with Gasteiger partial charge >= 0.3 is 5.97 Å². The van der Waals surface area contributed by atoms with Crippen molar-refractivity contribution in [3.05, 3.63) is 11.1 Å². The minimum absolute atomic E-state index is 0.419. The van der Waals surface area contributed by atoms with Crippen molar-refractivity contribution in [1.82, 2.24) is 0 Å². The molecule has 0 rings (SSSR count). The SMILES string of the molecule is COCC/C(C)=C(\C)C(=O)O. The van der Waals surface area contributed by atoms with Crippen molar-refractivity contribution in [3.63, 3.8) is 0 Å². The summed E-state index contributed by atoms with van der Waals surface area (Å²) in [7, 11) is 1.60. The normalized spacial score (nSPS) is 12.6. The van der Waals surface area contributed by atoms with Gasteiger partial charge in [-0.25, -0.2) is 4.79 Å². The molecule has 0 aromatic heterocycles. The highest BCUT2D eigenvalue weighted by molar-refractivity contribution is 5.86. The number of carboxylic acid groups (broad SMARTS) is 1. The number of hydrogen-bond acceptors (Lipinski definition) is 2. The van der Waals surface area contributed by atoms with Gasteiger partial charge in [-0.2, -0.15) is 0 Å². The molecule has 0 radical (unpaired) electrons. The van der Waals surface area contributed by atoms with E-state index in [0.29, 0.717) is 18.6 Å². The van der Waals surface area contributed by atoms with Crippen LogP contribution in [-0.4, -0.2) is 24.8 Å². The molecular formula is C8H14O3. The van der Waals surface area contributed by atoms with Crippen molar-refractivity contribution in [2.45, 2.75) is 20.3 Å². The van der Waals surface area contributed by atoms with Crippen molar-refractivity contribution in [1.29, 1.82) is 0 Å². The van der Waals surface area contributed by atoms with Gasteiger partial charge < -0.3 is 9.84 Å². The third-order valence-corrected chi connectivity index (χ3v) is 1.64. The van der Waals surface area contributed by atoms with Crippen LogP contribution in [0.5, 0.6) is 0 Å². The number of rotatable bonds is 4. The zero-order valence-corrected chi connectivity index (χ0v) is 7.18. The molecule has 0 heterocycles. The highest BCUT2D eigenvalue weighted by Gasteiger charge is 2.03. The van der Waals surface area contributed by atoms with E-state index < -0.39 is 5.97 Å². The minimum atomic E-state index is -0.849. The molecule has 0 amide bonds. The molecule has 1 N–H and O–H groups in total. The second-order valence-electron chi connectivity index (χ2n) is 2.45. The molecule has 0 fully saturated rings. The van der Waals surface area contributed by atoms with Gasteiger partial charge in [0.2, 0.25) is 0 Å². The average molecular weight is 158 g/mol. The van der Waals surface area contributed by atoms with E-state index in [4.69, 9.17) is 9.84 Å². The summed E-state index contributed by atoms with van der Waals surface area (Å²) in [6.45, 7) is 3.99. The van der Waals surface area contributed by atoms with Crippen molar-refractivity contribution < 1.29 is 14.6 Å². The zero-order chi connectivity index (χ0) is 8.85. The third-order valence-electron chi connectivity index (χ3n) is 1.64. The lowest BCUT2D eigenvalue weighted by molar-refractivity contribution is -0.132. The third kappa shape index (κ3) is 3.78. The maximum atomic E-state index is 10.4. The summed E-state index contributed by atoms with van der Waals surface area (Å²) in [5, 5.41) is 8.55. The molecule has 3 heteroatoms. The standard InChI is InChI=1S/C8H14O3/c1-6(4-5-11-3)7(2)8(9)10/h4-5H2,1-3H3,(H,9,10)/b7-6+. The van der Waals surface area contributed by atoms with Crippen LogP contribution in [0, 0.1) is 0 Å². The van der Waals surface area contributed by atoms with Gasteiger partial charge in [-0.1, -0.05) is 5.57 Å². The number of hydrogen-bond donors (Lipinski definition) is 1. The molecular weight excluding hydrogens is 144 g/mol. The van der Waals surface area contributed by atoms with Gasteiger partial charge in [-0.05, 0) is 20.3 Å². The molecule has 64 valence electrons. The van der Waals surface area contributed by atoms with Crippen LogP contribution in [-0.2, 0) is 9.53 Å². The van der Waals surface area contributed by atoms with Gasteiger partial charge in [-0.15, -0.1) is 0 Å². The van der Waals surface area contributed by atoms with Crippen molar-refractivity contribution in [2.24, 2.45) is 0 Å². The van der Waals surface area contributed by atoms with Crippen molar-refractivity contribution in [2.75, 3.05) is 13.7 Å². The van der Waals surface area contributed by atoms with E-state index in [1.165, 1.54) is 0 Å². The summed E-state index contributed by atoms with van der Waals surface area (Å²) in [6.07, 6.45) is 0.689. The summed E-state index contributed by atoms with van der Waals surface area (Å²) < 4.78 is 4.82. The van der Waals surface area contributed by atoms with Crippen LogP contribution < -0.4 is 0 Å². The van der Waals surface area contributed by atoms with Crippen molar-refractivity contribution >= 4 is 5.97 Å². The summed E-state index contributed by atoms with van der Waals surface area (Å²) >= 11 is 0. The Hall–Kier alpha value is -0.830. The molecule has 0 aliphatic heterocycles. The fourth-order valence-corrected chi connectivity index (χ4v) is 0.625. The maximum absolute atomic E-state index is 10.4. The first-order valence-corrected chi connectivity index (χ1v) is 3.48. The smallest absolute Gasteiger partial charge is 0.331 e. The Kier molecular flexibility index (Phi) is 4.54. The highest BCUT2D eigenvalue weighted by Crippen LogP contribution is 2.07. The molecule has 0 atom stereocenters. The van der Waals surface area contributed by atoms with E-state index in [9.17, 15) is 4.79 Å². The number of ether oxygens (including phenoxy) is 1. The molecule has 11 heavy (non-hydrogen) atoms. The zero-order valence-electron chi connectivity index (χ0n) is 7.18. The first kappa shape index (κ1) is 10.2. The lowest BCUT2D eigenvalue weighted by Gasteiger charge is -2.02. The Bertz CT molecular complexity index is 170. The fourth-order valence-electron chi connectivity index (χ4n) is 0.625. The molecule has 0 aliphatic carbocycles. The molecule has 0 aliphatic rings. The molecule has 0 aromatic rings. The molecule has 0 saturated heterocycles. The average Bonchev–Trinajstić information content (AvgIpc) is 1.98. The van der Waals surface area contributed by atoms with Crippen molar-refractivity contribution in [3.8, 4) is 0 Å². The molecule has 0 aromatic carbocycles. The van der Waals surface area contributed by atoms with E-state index in [1.54, 1.807) is 14.0 Å². The van der Waals surface area contributed by atoms with E-state index >= 15 is 0 Å². The number of methoxy groups -OCH3 is 1. The molecule has 0 saturated carbocycles. The minimum Gasteiger partial charge on any atom is -0.478 e. The van der Waals surface area contributed by atoms with Crippen LogP contribution in [0.3, 0.4) is 0 Å². The van der Waals surface area contributed by atoms with Crippen LogP contribution in [0.1, 0.15) is 20.3 Å². The molecule has 0 bridgehead atoms. The molecule has 0 spiro atoms. The van der Waals surface area contributed by atoms with E-state index in [2.05, 4.69) is 0 Å². The number of aliphatic carboxylic acids is 1. The van der Waals surface area contributed by atoms with E-state index in [-0.39, 0.29) is 0 Å². The van der Waals surface area contributed by atoms with Gasteiger partial charge in [-0.3, -0.25) is 0 Å². The Labute approximate surface area is 66.7 Å². The largest absolute Gasteiger partial charge is 0.478 e. The van der Waals surface area contributed by atoms with Crippen LogP contribution in [0.4, 0.5) is 0 Å². The van der Waals surface area contributed by atoms with Gasteiger partial charge in [0.25, 0.3) is 0 Å². The Balaban J connectivity index is 4.05. The molecule has 3 nitrogen and oxygen atoms in total. The monoisotopic (exact) mass is 158 g/mol.